The zero-order chi connectivity index (χ0) is 33.1. The van der Waals surface area contributed by atoms with Gasteiger partial charge in [0.25, 0.3) is 0 Å². The maximum atomic E-state index is 6.78. The highest BCUT2D eigenvalue weighted by molar-refractivity contribution is 4.93. The Morgan fingerprint density at radius 3 is 1.28 bits per heavy atom. The molecule has 1 atom stereocenters. The number of unbranched alkanes of at least 4 members (excludes halogenated alkanes) is 19. The average Bonchev–Trinajstić information content (AvgIpc) is 3.07. The van der Waals surface area contributed by atoms with Crippen LogP contribution in [0.4, 0.5) is 0 Å². The molecule has 46 heavy (non-hydrogen) atoms. The predicted molar refractivity (Wildman–Crippen MR) is 206 cm³/mol. The van der Waals surface area contributed by atoms with Crippen LogP contribution in [0.1, 0.15) is 213 Å². The number of ether oxygens (including phenoxy) is 2. The van der Waals surface area contributed by atoms with Gasteiger partial charge < -0.3 is 9.47 Å². The molecule has 2 nitrogen and oxygen atoms in total. The summed E-state index contributed by atoms with van der Waals surface area (Å²) in [6, 6.07) is 0. The van der Waals surface area contributed by atoms with Crippen LogP contribution in [0.3, 0.4) is 0 Å². The van der Waals surface area contributed by atoms with Crippen molar-refractivity contribution in [2.75, 3.05) is 6.61 Å². The molecular formula is C44H80O2. The summed E-state index contributed by atoms with van der Waals surface area (Å²) < 4.78 is 13.3. The summed E-state index contributed by atoms with van der Waals surface area (Å²) in [5, 5.41) is 0. The van der Waals surface area contributed by atoms with Gasteiger partial charge in [0, 0.05) is 12.8 Å². The molecule has 0 spiro atoms. The summed E-state index contributed by atoms with van der Waals surface area (Å²) in [7, 11) is 0. The Bertz CT molecular complexity index is 684. The molecule has 0 aliphatic carbocycles. The fourth-order valence-electron chi connectivity index (χ4n) is 6.56. The van der Waals surface area contributed by atoms with Gasteiger partial charge in [-0.1, -0.05) is 159 Å². The van der Waals surface area contributed by atoms with Gasteiger partial charge in [-0.05, 0) is 89.9 Å². The van der Waals surface area contributed by atoms with E-state index in [4.69, 9.17) is 9.47 Å². The van der Waals surface area contributed by atoms with Crippen LogP contribution in [0, 0.1) is 0 Å². The van der Waals surface area contributed by atoms with Crippen molar-refractivity contribution in [3.8, 4) is 0 Å². The molecule has 0 aromatic rings. The first-order valence-corrected chi connectivity index (χ1v) is 20.7. The summed E-state index contributed by atoms with van der Waals surface area (Å²) in [6.07, 6.45) is 57.4. The topological polar surface area (TPSA) is 18.5 Å². The predicted octanol–water partition coefficient (Wildman–Crippen LogP) is 15.1. The van der Waals surface area contributed by atoms with Crippen molar-refractivity contribution >= 4 is 0 Å². The molecule has 0 saturated carbocycles. The van der Waals surface area contributed by atoms with Gasteiger partial charge in [-0.25, -0.2) is 0 Å². The van der Waals surface area contributed by atoms with E-state index >= 15 is 0 Å². The number of hydrogen-bond donors (Lipinski definition) is 0. The molecule has 0 N–H and O–H groups in total. The first-order chi connectivity index (χ1) is 22.8. The summed E-state index contributed by atoms with van der Waals surface area (Å²) in [5.41, 5.74) is 0. The van der Waals surface area contributed by atoms with Gasteiger partial charge in [0.15, 0.2) is 5.79 Å². The monoisotopic (exact) mass is 641 g/mol. The Hall–Kier alpha value is -1.12. The fourth-order valence-corrected chi connectivity index (χ4v) is 6.56. The highest BCUT2D eigenvalue weighted by Crippen LogP contribution is 2.35. The Balaban J connectivity index is 2.18. The lowest BCUT2D eigenvalue weighted by Crippen LogP contribution is -2.44. The molecule has 1 aliphatic heterocycles. The molecule has 1 unspecified atom stereocenters. The summed E-state index contributed by atoms with van der Waals surface area (Å²) in [6.45, 7) is 7.72. The lowest BCUT2D eigenvalue weighted by atomic mass is 9.96. The molecule has 1 saturated heterocycles. The van der Waals surface area contributed by atoms with Crippen LogP contribution in [0.25, 0.3) is 0 Å². The van der Waals surface area contributed by atoms with Crippen LogP contribution < -0.4 is 0 Å². The molecule has 1 heterocycles. The van der Waals surface area contributed by atoms with Crippen LogP contribution in [-0.4, -0.2) is 18.5 Å². The van der Waals surface area contributed by atoms with Crippen LogP contribution in [-0.2, 0) is 9.47 Å². The zero-order valence-corrected chi connectivity index (χ0v) is 31.4. The van der Waals surface area contributed by atoms with E-state index in [2.05, 4.69) is 69.4 Å². The maximum absolute atomic E-state index is 6.78. The molecule has 0 aromatic carbocycles. The van der Waals surface area contributed by atoms with Gasteiger partial charge in [-0.2, -0.15) is 0 Å². The first kappa shape index (κ1) is 42.9. The minimum Gasteiger partial charge on any atom is -0.350 e. The van der Waals surface area contributed by atoms with Crippen molar-refractivity contribution < 1.29 is 9.47 Å². The van der Waals surface area contributed by atoms with Gasteiger partial charge in [0.2, 0.25) is 0 Å². The van der Waals surface area contributed by atoms with Crippen LogP contribution in [0.15, 0.2) is 48.6 Å². The number of rotatable bonds is 33. The van der Waals surface area contributed by atoms with Gasteiger partial charge in [0.05, 0.1) is 12.7 Å². The SMILES string of the molecule is CCCCC/C=C\C/C=C\CCCCCCCCC1(CCCCCCCC/C=C\C/C=C\CCCCC)OCCC(CCCC)O1. The van der Waals surface area contributed by atoms with Crippen molar-refractivity contribution in [1.82, 2.24) is 0 Å². The van der Waals surface area contributed by atoms with Crippen molar-refractivity contribution in [3.05, 3.63) is 48.6 Å². The third kappa shape index (κ3) is 26.9. The second-order valence-electron chi connectivity index (χ2n) is 14.1. The van der Waals surface area contributed by atoms with Crippen LogP contribution in [0.5, 0.6) is 0 Å². The van der Waals surface area contributed by atoms with E-state index in [0.29, 0.717) is 6.10 Å². The summed E-state index contributed by atoms with van der Waals surface area (Å²) in [5.74, 6) is -0.304. The van der Waals surface area contributed by atoms with E-state index in [0.717, 1.165) is 38.7 Å². The summed E-state index contributed by atoms with van der Waals surface area (Å²) >= 11 is 0. The van der Waals surface area contributed by atoms with Gasteiger partial charge >= 0.3 is 0 Å². The second kappa shape index (κ2) is 33.8. The molecule has 0 bridgehead atoms. The Morgan fingerprint density at radius 1 is 0.457 bits per heavy atom. The first-order valence-electron chi connectivity index (χ1n) is 20.7. The quantitative estimate of drug-likeness (QED) is 0.0525. The van der Waals surface area contributed by atoms with Crippen molar-refractivity contribution in [3.63, 3.8) is 0 Å². The van der Waals surface area contributed by atoms with Crippen molar-refractivity contribution in [2.45, 2.75) is 225 Å². The molecule has 0 radical (unpaired) electrons. The Kier molecular flexibility index (Phi) is 31.5. The average molecular weight is 641 g/mol. The third-order valence-electron chi connectivity index (χ3n) is 9.58. The lowest BCUT2D eigenvalue weighted by molar-refractivity contribution is -0.301. The largest absolute Gasteiger partial charge is 0.350 e. The van der Waals surface area contributed by atoms with Gasteiger partial charge in [-0.3, -0.25) is 0 Å². The minimum atomic E-state index is -0.304. The van der Waals surface area contributed by atoms with Crippen molar-refractivity contribution in [1.29, 1.82) is 0 Å². The standard InChI is InChI=1S/C44H80O2/c1-4-7-10-12-14-16-18-20-22-24-26-28-30-32-34-36-40-44(45-42-39-43(46-44)38-9-6-3)41-37-35-33-31-29-27-25-23-21-19-17-15-13-11-8-5-2/h14-17,20-23,43H,4-13,18-19,24-42H2,1-3H3/b16-14-,17-15-,22-20-,23-21-. The Morgan fingerprint density at radius 2 is 0.848 bits per heavy atom. The van der Waals surface area contributed by atoms with E-state index in [9.17, 15) is 0 Å². The fraction of sp³-hybridized carbons (Fsp3) is 0.818. The van der Waals surface area contributed by atoms with E-state index in [1.54, 1.807) is 0 Å². The van der Waals surface area contributed by atoms with Gasteiger partial charge in [-0.15, -0.1) is 0 Å². The molecule has 1 rings (SSSR count). The highest BCUT2D eigenvalue weighted by Gasteiger charge is 2.37. The normalized spacial score (nSPS) is 17.1. The maximum Gasteiger partial charge on any atom is 0.168 e. The molecule has 1 aliphatic rings. The zero-order valence-electron chi connectivity index (χ0n) is 31.4. The van der Waals surface area contributed by atoms with Crippen molar-refractivity contribution in [2.24, 2.45) is 0 Å². The molecule has 2 heteroatoms. The third-order valence-corrected chi connectivity index (χ3v) is 9.58. The number of allylic oxidation sites excluding steroid dienone is 8. The van der Waals surface area contributed by atoms with E-state index in [-0.39, 0.29) is 5.79 Å². The minimum absolute atomic E-state index is 0.304. The van der Waals surface area contributed by atoms with E-state index < -0.39 is 0 Å². The lowest BCUT2D eigenvalue weighted by Gasteiger charge is -2.42. The molecular weight excluding hydrogens is 560 g/mol. The van der Waals surface area contributed by atoms with Gasteiger partial charge in [0.1, 0.15) is 0 Å². The number of hydrogen-bond acceptors (Lipinski definition) is 2. The highest BCUT2D eigenvalue weighted by atomic mass is 16.7. The molecule has 0 aromatic heterocycles. The van der Waals surface area contributed by atoms with Crippen LogP contribution >= 0.6 is 0 Å². The van der Waals surface area contributed by atoms with E-state index in [1.165, 1.54) is 161 Å². The summed E-state index contributed by atoms with van der Waals surface area (Å²) in [4.78, 5) is 0. The molecule has 0 amide bonds. The van der Waals surface area contributed by atoms with E-state index in [1.807, 2.05) is 0 Å². The molecule has 268 valence electrons. The van der Waals surface area contributed by atoms with Crippen LogP contribution in [0.2, 0.25) is 0 Å². The second-order valence-corrected chi connectivity index (χ2v) is 14.1. The smallest absolute Gasteiger partial charge is 0.168 e. The Labute approximate surface area is 289 Å². The molecule has 1 fully saturated rings.